The van der Waals surface area contributed by atoms with Crippen LogP contribution in [0.15, 0.2) is 30.3 Å². The van der Waals surface area contributed by atoms with Gasteiger partial charge >= 0.3 is 12.1 Å². The Morgan fingerprint density at radius 1 is 1.09 bits per heavy atom. The van der Waals surface area contributed by atoms with Crippen molar-refractivity contribution in [2.75, 3.05) is 0 Å². The van der Waals surface area contributed by atoms with Crippen molar-refractivity contribution < 1.29 is 36.6 Å². The van der Waals surface area contributed by atoms with Crippen LogP contribution in [0.1, 0.15) is 21.5 Å². The molecule has 1 N–H and O–H groups in total. The fraction of sp³-hybridized carbons (Fsp3) is 0.133. The average molecular weight is 332 g/mol. The molecule has 2 aromatic rings. The molecule has 0 saturated carbocycles. The molecule has 8 heteroatoms. The topological polar surface area (TPSA) is 46.5 Å². The fourth-order valence-electron chi connectivity index (χ4n) is 1.91. The number of hydrogen-bond donors (Lipinski definition) is 1. The third-order valence-electron chi connectivity index (χ3n) is 2.98. The Balaban J connectivity index is 2.55. The number of carboxylic acid groups (broad SMARTS) is 1. The summed E-state index contributed by atoms with van der Waals surface area (Å²) >= 11 is 0. The van der Waals surface area contributed by atoms with E-state index in [9.17, 15) is 26.7 Å². The van der Waals surface area contributed by atoms with Crippen LogP contribution in [0.5, 0.6) is 11.5 Å². The molecule has 3 nitrogen and oxygen atoms in total. The zero-order valence-corrected chi connectivity index (χ0v) is 11.5. The third kappa shape index (κ3) is 3.41. The maximum absolute atomic E-state index is 13.9. The van der Waals surface area contributed by atoms with E-state index in [4.69, 9.17) is 9.84 Å². The first-order valence-electron chi connectivity index (χ1n) is 6.18. The first-order valence-corrected chi connectivity index (χ1v) is 6.18. The molecule has 2 aromatic carbocycles. The predicted molar refractivity (Wildman–Crippen MR) is 69.6 cm³/mol. The minimum Gasteiger partial charge on any atom is -0.477 e. The number of hydrogen-bond acceptors (Lipinski definition) is 2. The van der Waals surface area contributed by atoms with Crippen molar-refractivity contribution in [1.29, 1.82) is 0 Å². The first kappa shape index (κ1) is 16.7. The third-order valence-corrected chi connectivity index (χ3v) is 2.98. The van der Waals surface area contributed by atoms with Crippen molar-refractivity contribution in [3.63, 3.8) is 0 Å². The molecule has 2 rings (SSSR count). The second kappa shape index (κ2) is 5.86. The van der Waals surface area contributed by atoms with Crippen LogP contribution in [-0.4, -0.2) is 11.1 Å². The van der Waals surface area contributed by atoms with Gasteiger partial charge in [0.25, 0.3) is 0 Å². The molecule has 0 aliphatic heterocycles. The molecule has 122 valence electrons. The van der Waals surface area contributed by atoms with E-state index in [0.29, 0.717) is 12.1 Å². The van der Waals surface area contributed by atoms with Crippen LogP contribution in [0.2, 0.25) is 0 Å². The van der Waals surface area contributed by atoms with Crippen molar-refractivity contribution in [3.8, 4) is 11.5 Å². The number of halogens is 5. The van der Waals surface area contributed by atoms with Crippen LogP contribution in [-0.2, 0) is 6.18 Å². The molecular formula is C15H9F5O3. The minimum absolute atomic E-state index is 0.00643. The number of carboxylic acids is 1. The van der Waals surface area contributed by atoms with Gasteiger partial charge in [0.15, 0.2) is 5.82 Å². The van der Waals surface area contributed by atoms with Gasteiger partial charge < -0.3 is 9.84 Å². The summed E-state index contributed by atoms with van der Waals surface area (Å²) in [6.07, 6.45) is -5.04. The van der Waals surface area contributed by atoms with Gasteiger partial charge in [-0.1, -0.05) is 0 Å². The van der Waals surface area contributed by atoms with Gasteiger partial charge in [-0.05, 0) is 42.8 Å². The number of ether oxygens (including phenoxy) is 1. The Labute approximate surface area is 126 Å². The Morgan fingerprint density at radius 2 is 1.70 bits per heavy atom. The highest BCUT2D eigenvalue weighted by atomic mass is 19.4. The van der Waals surface area contributed by atoms with E-state index in [1.165, 1.54) is 6.92 Å². The molecule has 0 radical (unpaired) electrons. The van der Waals surface area contributed by atoms with E-state index in [1.807, 2.05) is 0 Å². The summed E-state index contributed by atoms with van der Waals surface area (Å²) in [6.45, 7) is 1.44. The summed E-state index contributed by atoms with van der Waals surface area (Å²) < 4.78 is 70.0. The maximum Gasteiger partial charge on any atom is 0.419 e. The molecule has 0 amide bonds. The lowest BCUT2D eigenvalue weighted by molar-refractivity contribution is -0.140. The van der Waals surface area contributed by atoms with Gasteiger partial charge in [-0.2, -0.15) is 13.2 Å². The second-order valence-electron chi connectivity index (χ2n) is 4.62. The molecule has 0 heterocycles. The SMILES string of the molecule is Cc1cc(F)ccc1Oc1ccc(C(F)(F)F)c(F)c1C(=O)O. The second-order valence-corrected chi connectivity index (χ2v) is 4.62. The van der Waals surface area contributed by atoms with E-state index in [-0.39, 0.29) is 11.3 Å². The van der Waals surface area contributed by atoms with Crippen molar-refractivity contribution in [3.05, 3.63) is 58.7 Å². The van der Waals surface area contributed by atoms with Crippen LogP contribution < -0.4 is 4.74 Å². The predicted octanol–water partition coefficient (Wildman–Crippen LogP) is 4.78. The molecule has 0 saturated heterocycles. The van der Waals surface area contributed by atoms with E-state index >= 15 is 0 Å². The van der Waals surface area contributed by atoms with Crippen molar-refractivity contribution in [1.82, 2.24) is 0 Å². The molecule has 0 unspecified atom stereocenters. The summed E-state index contributed by atoms with van der Waals surface area (Å²) in [4.78, 5) is 11.1. The van der Waals surface area contributed by atoms with E-state index in [2.05, 4.69) is 0 Å². The quantitative estimate of drug-likeness (QED) is 0.823. The molecule has 0 aliphatic rings. The van der Waals surface area contributed by atoms with Crippen LogP contribution >= 0.6 is 0 Å². The van der Waals surface area contributed by atoms with Crippen molar-refractivity contribution >= 4 is 5.97 Å². The standard InChI is InChI=1S/C15H9F5O3/c1-7-6-8(16)2-4-10(7)23-11-5-3-9(15(18,19)20)13(17)12(11)14(21)22/h2-6H,1H3,(H,21,22). The summed E-state index contributed by atoms with van der Waals surface area (Å²) in [5, 5.41) is 8.98. The molecule has 0 spiro atoms. The zero-order chi connectivity index (χ0) is 17.4. The number of benzene rings is 2. The lowest BCUT2D eigenvalue weighted by Gasteiger charge is -2.15. The van der Waals surface area contributed by atoms with Crippen LogP contribution in [0, 0.1) is 18.6 Å². The highest BCUT2D eigenvalue weighted by molar-refractivity contribution is 5.91. The fourth-order valence-corrected chi connectivity index (χ4v) is 1.91. The van der Waals surface area contributed by atoms with Gasteiger partial charge in [-0.25, -0.2) is 13.6 Å². The van der Waals surface area contributed by atoms with E-state index in [0.717, 1.165) is 18.2 Å². The Morgan fingerprint density at radius 3 is 2.22 bits per heavy atom. The summed E-state index contributed by atoms with van der Waals surface area (Å²) in [7, 11) is 0. The van der Waals surface area contributed by atoms with Crippen LogP contribution in [0.4, 0.5) is 22.0 Å². The summed E-state index contributed by atoms with van der Waals surface area (Å²) in [6, 6.07) is 4.35. The Hall–Kier alpha value is -2.64. The molecule has 0 aliphatic carbocycles. The van der Waals surface area contributed by atoms with Gasteiger partial charge in [0.2, 0.25) is 0 Å². The van der Waals surface area contributed by atoms with Crippen LogP contribution in [0.3, 0.4) is 0 Å². The highest BCUT2D eigenvalue weighted by Crippen LogP contribution is 2.37. The lowest BCUT2D eigenvalue weighted by atomic mass is 10.1. The van der Waals surface area contributed by atoms with E-state index in [1.54, 1.807) is 0 Å². The number of alkyl halides is 3. The number of aryl methyl sites for hydroxylation is 1. The minimum atomic E-state index is -5.04. The molecule has 0 atom stereocenters. The molecule has 0 fully saturated rings. The maximum atomic E-state index is 13.9. The lowest BCUT2D eigenvalue weighted by Crippen LogP contribution is -2.13. The summed E-state index contributed by atoms with van der Waals surface area (Å²) in [5.41, 5.74) is -2.69. The average Bonchev–Trinajstić information content (AvgIpc) is 2.40. The molecule has 0 bridgehead atoms. The number of aromatic carboxylic acids is 1. The Kier molecular flexibility index (Phi) is 4.26. The van der Waals surface area contributed by atoms with Crippen molar-refractivity contribution in [2.45, 2.75) is 13.1 Å². The summed E-state index contributed by atoms with van der Waals surface area (Å²) in [5.74, 6) is -5.05. The molecule has 0 aromatic heterocycles. The van der Waals surface area contributed by atoms with Gasteiger partial charge in [0, 0.05) is 0 Å². The smallest absolute Gasteiger partial charge is 0.419 e. The van der Waals surface area contributed by atoms with Gasteiger partial charge in [0.1, 0.15) is 22.9 Å². The molecular weight excluding hydrogens is 323 g/mol. The van der Waals surface area contributed by atoms with E-state index < -0.39 is 40.7 Å². The van der Waals surface area contributed by atoms with Crippen molar-refractivity contribution in [2.24, 2.45) is 0 Å². The first-order chi connectivity index (χ1) is 10.6. The van der Waals surface area contributed by atoms with Gasteiger partial charge in [-0.15, -0.1) is 0 Å². The normalized spacial score (nSPS) is 11.4. The number of rotatable bonds is 3. The molecule has 23 heavy (non-hydrogen) atoms. The zero-order valence-electron chi connectivity index (χ0n) is 11.5. The van der Waals surface area contributed by atoms with Gasteiger partial charge in [0.05, 0.1) is 5.56 Å². The van der Waals surface area contributed by atoms with Crippen LogP contribution in [0.25, 0.3) is 0 Å². The van der Waals surface area contributed by atoms with Gasteiger partial charge in [-0.3, -0.25) is 0 Å². The highest BCUT2D eigenvalue weighted by Gasteiger charge is 2.37. The number of carbonyl (C=O) groups is 1. The largest absolute Gasteiger partial charge is 0.477 e. The Bertz CT molecular complexity index is 768. The monoisotopic (exact) mass is 332 g/mol.